The number of nitro benzene ring substituents is 1. The van der Waals surface area contributed by atoms with Gasteiger partial charge in [0.2, 0.25) is 0 Å². The lowest BCUT2D eigenvalue weighted by atomic mass is 10.2. The van der Waals surface area contributed by atoms with E-state index in [1.807, 2.05) is 30.3 Å². The van der Waals surface area contributed by atoms with Crippen molar-refractivity contribution >= 4 is 23.4 Å². The molecule has 6 heteroatoms. The van der Waals surface area contributed by atoms with Crippen molar-refractivity contribution in [2.75, 3.05) is 5.43 Å². The molecule has 0 radical (unpaired) electrons. The van der Waals surface area contributed by atoms with Crippen LogP contribution in [0.1, 0.15) is 5.56 Å². The van der Waals surface area contributed by atoms with Gasteiger partial charge in [-0.1, -0.05) is 42.5 Å². The van der Waals surface area contributed by atoms with Crippen LogP contribution in [0.15, 0.2) is 60.7 Å². The predicted molar refractivity (Wildman–Crippen MR) is 80.3 cm³/mol. The number of hydrogen-bond acceptors (Lipinski definition) is 4. The van der Waals surface area contributed by atoms with Gasteiger partial charge in [-0.25, -0.2) is 0 Å². The molecule has 0 aliphatic carbocycles. The third-order valence-corrected chi connectivity index (χ3v) is 2.65. The van der Waals surface area contributed by atoms with Crippen LogP contribution in [0.2, 0.25) is 0 Å². The van der Waals surface area contributed by atoms with Gasteiger partial charge in [-0.05, 0) is 17.7 Å². The fourth-order valence-electron chi connectivity index (χ4n) is 1.65. The van der Waals surface area contributed by atoms with Gasteiger partial charge >= 0.3 is 0 Å². The number of amides is 1. The van der Waals surface area contributed by atoms with Gasteiger partial charge in [0.05, 0.1) is 4.92 Å². The molecule has 0 aromatic heterocycles. The van der Waals surface area contributed by atoms with E-state index < -0.39 is 10.8 Å². The first-order chi connectivity index (χ1) is 10.2. The molecule has 0 heterocycles. The Bertz CT molecular complexity index is 669. The molecule has 6 nitrogen and oxygen atoms in total. The number of hydrogen-bond donors (Lipinski definition) is 2. The van der Waals surface area contributed by atoms with E-state index >= 15 is 0 Å². The highest BCUT2D eigenvalue weighted by Gasteiger charge is 2.11. The molecule has 2 aromatic carbocycles. The summed E-state index contributed by atoms with van der Waals surface area (Å²) in [5.74, 6) is -0.406. The number of hydrazine groups is 1. The average Bonchev–Trinajstić information content (AvgIpc) is 2.52. The van der Waals surface area contributed by atoms with Crippen LogP contribution in [0.3, 0.4) is 0 Å². The van der Waals surface area contributed by atoms with Crippen LogP contribution >= 0.6 is 0 Å². The second-order valence-corrected chi connectivity index (χ2v) is 4.13. The van der Waals surface area contributed by atoms with Crippen molar-refractivity contribution in [3.63, 3.8) is 0 Å². The lowest BCUT2D eigenvalue weighted by molar-refractivity contribution is -0.384. The minimum atomic E-state index is -0.520. The van der Waals surface area contributed by atoms with Gasteiger partial charge in [-0.15, -0.1) is 0 Å². The van der Waals surface area contributed by atoms with E-state index in [0.29, 0.717) is 0 Å². The number of nitrogens with zero attached hydrogens (tertiary/aromatic N) is 1. The minimum Gasteiger partial charge on any atom is -0.292 e. The summed E-state index contributed by atoms with van der Waals surface area (Å²) in [6.45, 7) is 0. The van der Waals surface area contributed by atoms with Gasteiger partial charge in [-0.3, -0.25) is 25.8 Å². The first kappa shape index (κ1) is 14.3. The summed E-state index contributed by atoms with van der Waals surface area (Å²) in [6.07, 6.45) is 2.99. The Kier molecular flexibility index (Phi) is 4.66. The van der Waals surface area contributed by atoms with Crippen molar-refractivity contribution in [2.45, 2.75) is 0 Å². The number of carbonyl (C=O) groups is 1. The summed E-state index contributed by atoms with van der Waals surface area (Å²) < 4.78 is 0. The zero-order chi connectivity index (χ0) is 15.1. The molecule has 0 spiro atoms. The normalized spacial score (nSPS) is 10.3. The molecule has 0 aliphatic rings. The van der Waals surface area contributed by atoms with Gasteiger partial charge in [0.15, 0.2) is 0 Å². The van der Waals surface area contributed by atoms with E-state index in [9.17, 15) is 14.9 Å². The molecule has 106 valence electrons. The summed E-state index contributed by atoms with van der Waals surface area (Å²) in [7, 11) is 0. The summed E-state index contributed by atoms with van der Waals surface area (Å²) in [6, 6.07) is 15.4. The Morgan fingerprint density at radius 1 is 1.05 bits per heavy atom. The van der Waals surface area contributed by atoms with E-state index in [1.165, 1.54) is 18.2 Å². The molecule has 0 saturated carbocycles. The van der Waals surface area contributed by atoms with Crippen molar-refractivity contribution in [3.05, 3.63) is 76.4 Å². The fourth-order valence-corrected chi connectivity index (χ4v) is 1.65. The Labute approximate surface area is 121 Å². The lowest BCUT2D eigenvalue weighted by Gasteiger charge is -2.06. The van der Waals surface area contributed by atoms with Crippen LogP contribution in [0.5, 0.6) is 0 Å². The zero-order valence-electron chi connectivity index (χ0n) is 11.0. The molecule has 2 rings (SSSR count). The number of rotatable bonds is 5. The first-order valence-electron chi connectivity index (χ1n) is 6.19. The van der Waals surface area contributed by atoms with Crippen molar-refractivity contribution < 1.29 is 9.72 Å². The van der Waals surface area contributed by atoms with Crippen molar-refractivity contribution in [3.8, 4) is 0 Å². The molecule has 0 atom stereocenters. The second kappa shape index (κ2) is 6.85. The van der Waals surface area contributed by atoms with Crippen LogP contribution < -0.4 is 10.9 Å². The molecule has 2 aromatic rings. The quantitative estimate of drug-likeness (QED) is 0.502. The van der Waals surface area contributed by atoms with Crippen LogP contribution in [0.4, 0.5) is 11.4 Å². The number of benzene rings is 2. The maximum atomic E-state index is 11.6. The van der Waals surface area contributed by atoms with Crippen LogP contribution in [-0.4, -0.2) is 10.8 Å². The molecular weight excluding hydrogens is 270 g/mol. The molecule has 1 amide bonds. The fraction of sp³-hybridized carbons (Fsp3) is 0. The Hall–Kier alpha value is -3.15. The van der Waals surface area contributed by atoms with E-state index in [4.69, 9.17) is 0 Å². The highest BCUT2D eigenvalue weighted by Crippen LogP contribution is 2.21. The van der Waals surface area contributed by atoms with E-state index in [0.717, 1.165) is 5.56 Å². The monoisotopic (exact) mass is 283 g/mol. The van der Waals surface area contributed by atoms with Crippen LogP contribution in [0, 0.1) is 10.1 Å². The topological polar surface area (TPSA) is 84.3 Å². The minimum absolute atomic E-state index is 0.107. The molecule has 2 N–H and O–H groups in total. The van der Waals surface area contributed by atoms with Crippen molar-refractivity contribution in [2.24, 2.45) is 0 Å². The Balaban J connectivity index is 1.96. The van der Waals surface area contributed by atoms with E-state index in [2.05, 4.69) is 10.9 Å². The standard InChI is InChI=1S/C15H13N3O3/c19-15(11-10-12-6-2-1-3-7-12)17-16-13-8-4-5-9-14(13)18(20)21/h1-11,16H,(H,17,19). The molecule has 0 aliphatic heterocycles. The number of carbonyl (C=O) groups excluding carboxylic acids is 1. The van der Waals surface area contributed by atoms with Gasteiger partial charge in [0.1, 0.15) is 5.69 Å². The van der Waals surface area contributed by atoms with Gasteiger partial charge in [0.25, 0.3) is 11.6 Å². The smallest absolute Gasteiger partial charge is 0.292 e. The number of nitrogens with one attached hydrogen (secondary N) is 2. The lowest BCUT2D eigenvalue weighted by Crippen LogP contribution is -2.27. The number of nitro groups is 1. The molecule has 0 unspecified atom stereocenters. The summed E-state index contributed by atoms with van der Waals surface area (Å²) in [5, 5.41) is 10.8. The predicted octanol–water partition coefficient (Wildman–Crippen LogP) is 2.75. The molecular formula is C15H13N3O3. The highest BCUT2D eigenvalue weighted by molar-refractivity contribution is 5.92. The number of para-hydroxylation sites is 2. The maximum absolute atomic E-state index is 11.6. The average molecular weight is 283 g/mol. The van der Waals surface area contributed by atoms with Crippen molar-refractivity contribution in [1.29, 1.82) is 0 Å². The largest absolute Gasteiger partial charge is 0.294 e. The van der Waals surface area contributed by atoms with E-state index in [-0.39, 0.29) is 11.4 Å². The summed E-state index contributed by atoms with van der Waals surface area (Å²) in [5.41, 5.74) is 5.93. The molecule has 21 heavy (non-hydrogen) atoms. The molecule has 0 bridgehead atoms. The maximum Gasteiger partial charge on any atom is 0.294 e. The highest BCUT2D eigenvalue weighted by atomic mass is 16.6. The Morgan fingerprint density at radius 2 is 1.71 bits per heavy atom. The van der Waals surface area contributed by atoms with Gasteiger partial charge in [-0.2, -0.15) is 0 Å². The van der Waals surface area contributed by atoms with Crippen LogP contribution in [0.25, 0.3) is 6.08 Å². The third kappa shape index (κ3) is 4.17. The number of anilines is 1. The Morgan fingerprint density at radius 3 is 2.43 bits per heavy atom. The van der Waals surface area contributed by atoms with Crippen molar-refractivity contribution in [1.82, 2.24) is 5.43 Å². The SMILES string of the molecule is O=C(C=Cc1ccccc1)NNc1ccccc1[N+](=O)[O-]. The third-order valence-electron chi connectivity index (χ3n) is 2.65. The molecule has 0 saturated heterocycles. The zero-order valence-corrected chi connectivity index (χ0v) is 11.0. The molecule has 0 fully saturated rings. The first-order valence-corrected chi connectivity index (χ1v) is 6.19. The summed E-state index contributed by atoms with van der Waals surface area (Å²) in [4.78, 5) is 21.9. The van der Waals surface area contributed by atoms with Crippen LogP contribution in [-0.2, 0) is 4.79 Å². The van der Waals surface area contributed by atoms with E-state index in [1.54, 1.807) is 18.2 Å². The summed E-state index contributed by atoms with van der Waals surface area (Å²) >= 11 is 0. The second-order valence-electron chi connectivity index (χ2n) is 4.13. The van der Waals surface area contributed by atoms with Gasteiger partial charge < -0.3 is 0 Å². The van der Waals surface area contributed by atoms with Gasteiger partial charge in [0, 0.05) is 12.1 Å².